The molecule has 2 atom stereocenters. The van der Waals surface area contributed by atoms with E-state index in [1.165, 1.54) is 24.3 Å². The Hall–Kier alpha value is -3.31. The maximum Gasteiger partial charge on any atom is 0.408 e. The molecule has 0 bridgehead atoms. The Morgan fingerprint density at radius 2 is 1.84 bits per heavy atom. The standard InChI is InChI=1S/C25H26ClF3N4O4/c1-31-9-10-32(24(36)37)20(14-31)23(35)33(17-6-4-5-15(27)11-17)21(18-7-2-3-8-19(18)26)22(34)30-16-12-25(28,29)13-16/h2-8,11,16,20-21H,9-10,12-14H2,1H3,(H,30,34)(H,36,37)/t20?,21-/m0/s1. The first kappa shape index (κ1) is 26.7. The molecule has 2 N–H and O–H groups in total. The summed E-state index contributed by atoms with van der Waals surface area (Å²) in [6.45, 7) is 0.461. The summed E-state index contributed by atoms with van der Waals surface area (Å²) in [5, 5.41) is 12.4. The minimum atomic E-state index is -2.90. The number of carboxylic acid groups (broad SMARTS) is 1. The van der Waals surface area contributed by atoms with Crippen molar-refractivity contribution in [2.75, 3.05) is 31.6 Å². The van der Waals surface area contributed by atoms with Gasteiger partial charge < -0.3 is 15.3 Å². The number of hydrogen-bond donors (Lipinski definition) is 2. The highest BCUT2D eigenvalue weighted by atomic mass is 35.5. The summed E-state index contributed by atoms with van der Waals surface area (Å²) in [7, 11) is 1.72. The summed E-state index contributed by atoms with van der Waals surface area (Å²) in [6, 6.07) is 7.64. The highest BCUT2D eigenvalue weighted by Crippen LogP contribution is 2.39. The average molecular weight is 539 g/mol. The molecule has 37 heavy (non-hydrogen) atoms. The van der Waals surface area contributed by atoms with Gasteiger partial charge in [0.05, 0.1) is 0 Å². The van der Waals surface area contributed by atoms with Crippen LogP contribution in [0.2, 0.25) is 5.02 Å². The van der Waals surface area contributed by atoms with Crippen molar-refractivity contribution in [2.24, 2.45) is 0 Å². The van der Waals surface area contributed by atoms with Gasteiger partial charge >= 0.3 is 6.09 Å². The van der Waals surface area contributed by atoms with Gasteiger partial charge in [0.15, 0.2) is 0 Å². The summed E-state index contributed by atoms with van der Waals surface area (Å²) in [4.78, 5) is 43.5. The van der Waals surface area contributed by atoms with Crippen LogP contribution in [0.1, 0.15) is 24.4 Å². The highest BCUT2D eigenvalue weighted by molar-refractivity contribution is 6.31. The summed E-state index contributed by atoms with van der Waals surface area (Å²) in [6.07, 6.45) is -2.43. The second-order valence-corrected chi connectivity index (χ2v) is 9.74. The molecular weight excluding hydrogens is 513 g/mol. The molecule has 2 aromatic rings. The van der Waals surface area contributed by atoms with Gasteiger partial charge in [-0.25, -0.2) is 18.0 Å². The number of carbonyl (C=O) groups excluding carboxylic acids is 2. The fourth-order valence-electron chi connectivity index (χ4n) is 4.69. The molecule has 0 spiro atoms. The zero-order chi connectivity index (χ0) is 26.9. The maximum atomic E-state index is 14.3. The van der Waals surface area contributed by atoms with Gasteiger partial charge in [0.1, 0.15) is 17.9 Å². The van der Waals surface area contributed by atoms with Crippen molar-refractivity contribution in [3.05, 3.63) is 64.9 Å². The van der Waals surface area contributed by atoms with E-state index in [0.29, 0.717) is 6.54 Å². The summed E-state index contributed by atoms with van der Waals surface area (Å²) in [5.41, 5.74) is 0.166. The van der Waals surface area contributed by atoms with Crippen LogP contribution in [0.3, 0.4) is 0 Å². The molecule has 1 aliphatic carbocycles. The van der Waals surface area contributed by atoms with Gasteiger partial charge in [-0.05, 0) is 31.3 Å². The second kappa shape index (κ2) is 10.6. The lowest BCUT2D eigenvalue weighted by Crippen LogP contribution is -2.62. The fourth-order valence-corrected chi connectivity index (χ4v) is 4.93. The smallest absolute Gasteiger partial charge is 0.408 e. The lowest BCUT2D eigenvalue weighted by molar-refractivity contribution is -0.134. The molecule has 1 saturated heterocycles. The van der Waals surface area contributed by atoms with E-state index >= 15 is 0 Å². The highest BCUT2D eigenvalue weighted by Gasteiger charge is 2.48. The number of alkyl halides is 2. The molecule has 1 unspecified atom stereocenters. The largest absolute Gasteiger partial charge is 0.465 e. The first-order valence-corrected chi connectivity index (χ1v) is 12.0. The molecule has 1 aliphatic heterocycles. The Balaban J connectivity index is 1.81. The molecule has 1 saturated carbocycles. The van der Waals surface area contributed by atoms with Gasteiger partial charge in [0, 0.05) is 54.8 Å². The molecule has 0 aromatic heterocycles. The Morgan fingerprint density at radius 3 is 2.46 bits per heavy atom. The number of benzene rings is 2. The van der Waals surface area contributed by atoms with Crippen LogP contribution in [0.4, 0.5) is 23.7 Å². The summed E-state index contributed by atoms with van der Waals surface area (Å²) < 4.78 is 41.3. The normalized spacial score (nSPS) is 20.6. The molecule has 8 nitrogen and oxygen atoms in total. The molecule has 12 heteroatoms. The fraction of sp³-hybridized carbons (Fsp3) is 0.400. The van der Waals surface area contributed by atoms with E-state index in [-0.39, 0.29) is 29.4 Å². The average Bonchev–Trinajstić information content (AvgIpc) is 2.81. The maximum absolute atomic E-state index is 14.3. The number of nitrogens with one attached hydrogen (secondary N) is 1. The Labute approximate surface area is 216 Å². The molecule has 2 aromatic carbocycles. The van der Waals surface area contributed by atoms with E-state index in [1.807, 2.05) is 0 Å². The van der Waals surface area contributed by atoms with Crippen LogP contribution in [-0.4, -0.2) is 77.5 Å². The molecule has 2 fully saturated rings. The zero-order valence-corrected chi connectivity index (χ0v) is 20.7. The zero-order valence-electron chi connectivity index (χ0n) is 19.9. The molecule has 4 rings (SSSR count). The molecule has 0 radical (unpaired) electrons. The van der Waals surface area contributed by atoms with Crippen LogP contribution in [0.5, 0.6) is 0 Å². The molecule has 1 heterocycles. The number of hydrogen-bond acceptors (Lipinski definition) is 4. The molecule has 3 amide bonds. The van der Waals surface area contributed by atoms with Gasteiger partial charge in [0.2, 0.25) is 5.91 Å². The van der Waals surface area contributed by atoms with Crippen molar-refractivity contribution < 1.29 is 32.7 Å². The SMILES string of the molecule is CN1CCN(C(=O)O)C(C(=O)N(c2cccc(F)c2)[C@H](C(=O)NC2CC(F)(F)C2)c2ccccc2Cl)C1. The van der Waals surface area contributed by atoms with Gasteiger partial charge in [-0.3, -0.25) is 19.4 Å². The van der Waals surface area contributed by atoms with Crippen molar-refractivity contribution in [3.63, 3.8) is 0 Å². The number of rotatable bonds is 6. The van der Waals surface area contributed by atoms with Crippen LogP contribution in [-0.2, 0) is 9.59 Å². The van der Waals surface area contributed by atoms with E-state index < -0.39 is 60.6 Å². The monoisotopic (exact) mass is 538 g/mol. The topological polar surface area (TPSA) is 93.2 Å². The molecule has 2 aliphatic rings. The van der Waals surface area contributed by atoms with Crippen LogP contribution in [0.15, 0.2) is 48.5 Å². The van der Waals surface area contributed by atoms with E-state index in [9.17, 15) is 32.7 Å². The predicted molar refractivity (Wildman–Crippen MR) is 130 cm³/mol. The lowest BCUT2D eigenvalue weighted by Gasteiger charge is -2.42. The van der Waals surface area contributed by atoms with Gasteiger partial charge in [0.25, 0.3) is 11.8 Å². The summed E-state index contributed by atoms with van der Waals surface area (Å²) >= 11 is 6.42. The number of likely N-dealkylation sites (N-methyl/N-ethyl adjacent to an activating group) is 1. The summed E-state index contributed by atoms with van der Waals surface area (Å²) in [5.74, 6) is -5.16. The Bertz CT molecular complexity index is 1190. The van der Waals surface area contributed by atoms with Gasteiger partial charge in [-0.15, -0.1) is 0 Å². The van der Waals surface area contributed by atoms with E-state index in [2.05, 4.69) is 5.32 Å². The van der Waals surface area contributed by atoms with Crippen molar-refractivity contribution in [3.8, 4) is 0 Å². The van der Waals surface area contributed by atoms with Crippen molar-refractivity contribution >= 4 is 35.2 Å². The van der Waals surface area contributed by atoms with Crippen molar-refractivity contribution in [2.45, 2.75) is 36.9 Å². The number of carbonyl (C=O) groups is 3. The van der Waals surface area contributed by atoms with Crippen LogP contribution in [0.25, 0.3) is 0 Å². The predicted octanol–water partition coefficient (Wildman–Crippen LogP) is 3.76. The second-order valence-electron chi connectivity index (χ2n) is 9.34. The third kappa shape index (κ3) is 5.83. The number of anilines is 1. The first-order valence-electron chi connectivity index (χ1n) is 11.7. The third-order valence-corrected chi connectivity index (χ3v) is 6.93. The number of amides is 3. The number of piperazine rings is 1. The van der Waals surface area contributed by atoms with Crippen molar-refractivity contribution in [1.82, 2.24) is 15.1 Å². The van der Waals surface area contributed by atoms with Crippen LogP contribution < -0.4 is 10.2 Å². The van der Waals surface area contributed by atoms with E-state index in [4.69, 9.17) is 11.6 Å². The quantitative estimate of drug-likeness (QED) is 0.584. The van der Waals surface area contributed by atoms with Gasteiger partial charge in [-0.1, -0.05) is 35.9 Å². The van der Waals surface area contributed by atoms with Gasteiger partial charge in [-0.2, -0.15) is 0 Å². The number of halogens is 4. The van der Waals surface area contributed by atoms with Crippen molar-refractivity contribution in [1.29, 1.82) is 0 Å². The molecular formula is C25H26ClF3N4O4. The third-order valence-electron chi connectivity index (χ3n) is 6.58. The minimum absolute atomic E-state index is 0.0115. The van der Waals surface area contributed by atoms with E-state index in [0.717, 1.165) is 21.9 Å². The Kier molecular flexibility index (Phi) is 7.65. The minimum Gasteiger partial charge on any atom is -0.465 e. The Morgan fingerprint density at radius 1 is 1.14 bits per heavy atom. The number of nitrogens with zero attached hydrogens (tertiary/aromatic N) is 3. The van der Waals surface area contributed by atoms with E-state index in [1.54, 1.807) is 24.1 Å². The van der Waals surface area contributed by atoms with Crippen LogP contribution in [0, 0.1) is 5.82 Å². The first-order chi connectivity index (χ1) is 17.5. The molecule has 198 valence electrons. The lowest BCUT2D eigenvalue weighted by atomic mass is 9.87. The van der Waals surface area contributed by atoms with Crippen LogP contribution >= 0.6 is 11.6 Å².